The summed E-state index contributed by atoms with van der Waals surface area (Å²) in [7, 11) is 0. The molecule has 0 aliphatic carbocycles. The summed E-state index contributed by atoms with van der Waals surface area (Å²) in [5.74, 6) is -1.37. The van der Waals surface area contributed by atoms with E-state index in [0.29, 0.717) is 22.5 Å². The third kappa shape index (κ3) is 3.00. The fraction of sp³-hybridized carbons (Fsp3) is 0.182. The van der Waals surface area contributed by atoms with Gasteiger partial charge in [-0.15, -0.1) is 0 Å². The third-order valence-electron chi connectivity index (χ3n) is 4.89. The van der Waals surface area contributed by atoms with E-state index < -0.39 is 11.6 Å². The number of aryl methyl sites for hydroxylation is 2. The highest BCUT2D eigenvalue weighted by Crippen LogP contribution is 2.50. The molecule has 0 amide bonds. The molecule has 3 rings (SSSR count). The molecule has 0 bridgehead atoms. The third-order valence-corrected chi connectivity index (χ3v) is 5.24. The van der Waals surface area contributed by atoms with Crippen molar-refractivity contribution in [2.24, 2.45) is 0 Å². The number of fused-ring (bicyclic) bond motifs is 1. The van der Waals surface area contributed by atoms with Gasteiger partial charge in [0, 0.05) is 23.0 Å². The Morgan fingerprint density at radius 3 is 2.59 bits per heavy atom. The van der Waals surface area contributed by atoms with Crippen molar-refractivity contribution < 1.29 is 9.50 Å². The number of phenolic OH excluding ortho intramolecular Hbond substituents is 1. The maximum atomic E-state index is 14.2. The minimum absolute atomic E-state index is 0.0654. The van der Waals surface area contributed by atoms with Gasteiger partial charge in [0.1, 0.15) is 5.02 Å². The molecule has 1 heterocycles. The summed E-state index contributed by atoms with van der Waals surface area (Å²) in [4.78, 5) is 1.84. The van der Waals surface area contributed by atoms with Crippen molar-refractivity contribution in [3.63, 3.8) is 0 Å². The van der Waals surface area contributed by atoms with Crippen molar-refractivity contribution in [2.75, 3.05) is 10.6 Å². The molecule has 0 atom stereocenters. The van der Waals surface area contributed by atoms with Crippen LogP contribution < -0.4 is 10.6 Å². The molecule has 0 saturated heterocycles. The zero-order chi connectivity index (χ0) is 20.0. The highest BCUT2D eigenvalue weighted by molar-refractivity contribution is 6.35. The lowest BCUT2D eigenvalue weighted by molar-refractivity contribution is 0.433. The topological polar surface area (TPSA) is 49.5 Å². The van der Waals surface area contributed by atoms with Crippen LogP contribution >= 0.6 is 11.6 Å². The lowest BCUT2D eigenvalue weighted by Gasteiger charge is -2.33. The van der Waals surface area contributed by atoms with Gasteiger partial charge in [0.25, 0.3) is 0 Å². The van der Waals surface area contributed by atoms with Crippen molar-refractivity contribution in [1.82, 2.24) is 0 Å². The first-order valence-electron chi connectivity index (χ1n) is 8.63. The Morgan fingerprint density at radius 2 is 2.00 bits per heavy atom. The largest absolute Gasteiger partial charge is 0.504 e. The normalized spacial score (nSPS) is 13.4. The Labute approximate surface area is 163 Å². The van der Waals surface area contributed by atoms with Crippen LogP contribution in [-0.2, 0) is 6.42 Å². The van der Waals surface area contributed by atoms with Crippen molar-refractivity contribution >= 4 is 34.2 Å². The van der Waals surface area contributed by atoms with Crippen molar-refractivity contribution in [1.29, 1.82) is 0 Å². The molecule has 2 aromatic rings. The summed E-state index contributed by atoms with van der Waals surface area (Å²) >= 11 is 6.36. The van der Waals surface area contributed by atoms with Gasteiger partial charge >= 0.3 is 0 Å². The lowest BCUT2D eigenvalue weighted by Crippen LogP contribution is -2.19. The molecule has 1 aliphatic heterocycles. The van der Waals surface area contributed by atoms with Crippen LogP contribution in [0.25, 0.3) is 5.57 Å². The summed E-state index contributed by atoms with van der Waals surface area (Å²) in [5, 5.41) is 10.0. The van der Waals surface area contributed by atoms with Gasteiger partial charge in [-0.05, 0) is 54.7 Å². The van der Waals surface area contributed by atoms with Gasteiger partial charge in [-0.1, -0.05) is 37.7 Å². The van der Waals surface area contributed by atoms with Gasteiger partial charge < -0.3 is 15.7 Å². The van der Waals surface area contributed by atoms with Crippen LogP contribution in [0.5, 0.6) is 5.75 Å². The molecule has 0 aromatic heterocycles. The predicted molar refractivity (Wildman–Crippen MR) is 112 cm³/mol. The lowest BCUT2D eigenvalue weighted by atomic mass is 9.90. The van der Waals surface area contributed by atoms with Gasteiger partial charge in [0.15, 0.2) is 11.6 Å². The van der Waals surface area contributed by atoms with Gasteiger partial charge in [0.05, 0.1) is 11.4 Å². The zero-order valence-electron chi connectivity index (χ0n) is 15.7. The number of rotatable bonds is 3. The molecule has 5 heteroatoms. The van der Waals surface area contributed by atoms with E-state index >= 15 is 0 Å². The number of nitrogens with two attached hydrogens (primary N) is 1. The quantitative estimate of drug-likeness (QED) is 0.614. The van der Waals surface area contributed by atoms with Crippen molar-refractivity contribution in [3.8, 4) is 5.75 Å². The molecule has 27 heavy (non-hydrogen) atoms. The number of aromatic hydroxyl groups is 1. The Kier molecular flexibility index (Phi) is 4.79. The number of halogens is 2. The fourth-order valence-electron chi connectivity index (χ4n) is 3.32. The zero-order valence-corrected chi connectivity index (χ0v) is 16.4. The first-order chi connectivity index (χ1) is 12.7. The van der Waals surface area contributed by atoms with E-state index in [2.05, 4.69) is 13.2 Å². The van der Waals surface area contributed by atoms with Crippen LogP contribution in [0.15, 0.2) is 48.7 Å². The van der Waals surface area contributed by atoms with Crippen LogP contribution in [0.3, 0.4) is 0 Å². The van der Waals surface area contributed by atoms with Crippen LogP contribution in [0.1, 0.15) is 30.5 Å². The van der Waals surface area contributed by atoms with Gasteiger partial charge in [-0.2, -0.15) is 0 Å². The second-order valence-electron chi connectivity index (χ2n) is 6.78. The van der Waals surface area contributed by atoms with E-state index in [1.807, 2.05) is 44.0 Å². The molecule has 0 unspecified atom stereocenters. The molecule has 2 aromatic carbocycles. The van der Waals surface area contributed by atoms with Gasteiger partial charge in [-0.3, -0.25) is 0 Å². The summed E-state index contributed by atoms with van der Waals surface area (Å²) in [5.41, 5.74) is 12.8. The number of benzene rings is 2. The smallest absolute Gasteiger partial charge is 0.172 e. The Bertz CT molecular complexity index is 1020. The second kappa shape index (κ2) is 6.78. The standard InChI is InChI=1S/C22H22ClFN2O/c1-6-14-7-12(4)18(25)9-19(14)26-10-16(11(2)3)13(5)15-8-17(24)22(27)20(23)21(15)26/h7-10,27H,2,5-6,25H2,1,3-4H3. The number of anilines is 3. The van der Waals surface area contributed by atoms with E-state index in [1.54, 1.807) is 0 Å². The number of hydrogen-bond acceptors (Lipinski definition) is 3. The minimum Gasteiger partial charge on any atom is -0.504 e. The first-order valence-corrected chi connectivity index (χ1v) is 9.01. The second-order valence-corrected chi connectivity index (χ2v) is 7.16. The molecule has 1 aliphatic rings. The van der Waals surface area contributed by atoms with E-state index in [4.69, 9.17) is 17.3 Å². The van der Waals surface area contributed by atoms with E-state index in [1.165, 1.54) is 6.07 Å². The van der Waals surface area contributed by atoms with Gasteiger partial charge in [-0.25, -0.2) is 4.39 Å². The predicted octanol–water partition coefficient (Wildman–Crippen LogP) is 6.26. The molecule has 3 N–H and O–H groups in total. The first kappa shape index (κ1) is 19.1. The summed E-state index contributed by atoms with van der Waals surface area (Å²) in [6.07, 6.45) is 2.63. The van der Waals surface area contributed by atoms with E-state index in [-0.39, 0.29) is 5.02 Å². The molecule has 140 valence electrons. The average molecular weight is 385 g/mol. The average Bonchev–Trinajstić information content (AvgIpc) is 2.62. The van der Waals surface area contributed by atoms with Crippen LogP contribution in [0.4, 0.5) is 21.5 Å². The maximum Gasteiger partial charge on any atom is 0.172 e. The SMILES string of the molecule is C=C(C)C1=CN(c2cc(N)c(C)cc2CC)c2c(cc(F)c(O)c2Cl)C1=C. The van der Waals surface area contributed by atoms with Crippen LogP contribution in [-0.4, -0.2) is 5.11 Å². The number of allylic oxidation sites excluding steroid dienone is 3. The van der Waals surface area contributed by atoms with Crippen LogP contribution in [0, 0.1) is 12.7 Å². The monoisotopic (exact) mass is 384 g/mol. The Balaban J connectivity index is 2.39. The summed E-state index contributed by atoms with van der Waals surface area (Å²) in [6.45, 7) is 14.0. The number of nitrogens with zero attached hydrogens (tertiary/aromatic N) is 1. The maximum absolute atomic E-state index is 14.2. The highest BCUT2D eigenvalue weighted by atomic mass is 35.5. The van der Waals surface area contributed by atoms with Crippen LogP contribution in [0.2, 0.25) is 5.02 Å². The van der Waals surface area contributed by atoms with E-state index in [9.17, 15) is 9.50 Å². The molecule has 3 nitrogen and oxygen atoms in total. The van der Waals surface area contributed by atoms with Crippen molar-refractivity contribution in [3.05, 3.63) is 76.2 Å². The number of nitrogen functional groups attached to an aromatic ring is 1. The number of hydrogen-bond donors (Lipinski definition) is 2. The Morgan fingerprint density at radius 1 is 1.33 bits per heavy atom. The fourth-order valence-corrected chi connectivity index (χ4v) is 3.60. The summed E-state index contributed by atoms with van der Waals surface area (Å²) < 4.78 is 14.2. The molecule has 0 radical (unpaired) electrons. The van der Waals surface area contributed by atoms with E-state index in [0.717, 1.165) is 34.4 Å². The van der Waals surface area contributed by atoms with Gasteiger partial charge in [0.2, 0.25) is 0 Å². The highest BCUT2D eigenvalue weighted by Gasteiger charge is 2.29. The molecular weight excluding hydrogens is 363 g/mol. The molecule has 0 saturated carbocycles. The van der Waals surface area contributed by atoms with Crippen molar-refractivity contribution in [2.45, 2.75) is 27.2 Å². The molecule has 0 spiro atoms. The molecular formula is C22H22ClFN2O. The summed E-state index contributed by atoms with van der Waals surface area (Å²) in [6, 6.07) is 5.15. The Hall–Kier alpha value is -2.72. The molecule has 0 fully saturated rings. The number of phenols is 1. The minimum atomic E-state index is -0.790.